The third-order valence-corrected chi connectivity index (χ3v) is 8.36. The molecular formula is C28H32ClN3O4S. The first-order valence-corrected chi connectivity index (χ1v) is 13.8. The van der Waals surface area contributed by atoms with Gasteiger partial charge in [-0.3, -0.25) is 13.9 Å². The molecule has 0 aromatic heterocycles. The van der Waals surface area contributed by atoms with Crippen molar-refractivity contribution >= 4 is 39.1 Å². The average molecular weight is 542 g/mol. The second-order valence-corrected chi connectivity index (χ2v) is 11.0. The largest absolute Gasteiger partial charge is 0.355 e. The quantitative estimate of drug-likeness (QED) is 0.403. The molecule has 0 saturated heterocycles. The van der Waals surface area contributed by atoms with Gasteiger partial charge in [-0.1, -0.05) is 54.1 Å². The normalized spacial score (nSPS) is 12.0. The number of anilines is 1. The van der Waals surface area contributed by atoms with Crippen LogP contribution in [0.5, 0.6) is 0 Å². The number of carbonyl (C=O) groups excluding carboxylic acids is 2. The van der Waals surface area contributed by atoms with E-state index in [4.69, 9.17) is 11.6 Å². The smallest absolute Gasteiger partial charge is 0.264 e. The number of nitrogens with one attached hydrogen (secondary N) is 1. The van der Waals surface area contributed by atoms with Crippen molar-refractivity contribution in [3.8, 4) is 0 Å². The van der Waals surface area contributed by atoms with Gasteiger partial charge in [0.1, 0.15) is 12.6 Å². The molecule has 3 rings (SSSR count). The summed E-state index contributed by atoms with van der Waals surface area (Å²) in [6, 6.07) is 19.4. The molecule has 0 aliphatic heterocycles. The fraction of sp³-hybridized carbons (Fsp3) is 0.286. The molecule has 196 valence electrons. The SMILES string of the molecule is CCNC(=O)[C@@H](C)N(Cc1ccccc1Cl)C(=O)CN(c1ccc(C)c(C)c1)S(=O)(=O)c1ccccc1. The minimum Gasteiger partial charge on any atom is -0.355 e. The molecule has 0 saturated carbocycles. The molecular weight excluding hydrogens is 510 g/mol. The number of sulfonamides is 1. The second-order valence-electron chi connectivity index (χ2n) is 8.78. The first-order chi connectivity index (χ1) is 17.6. The number of hydrogen-bond donors (Lipinski definition) is 1. The highest BCUT2D eigenvalue weighted by Gasteiger charge is 2.32. The standard InChI is InChI=1S/C28H32ClN3O4S/c1-5-30-28(34)22(4)31(18-23-11-9-10-14-26(23)29)27(33)19-32(24-16-15-20(2)21(3)17-24)37(35,36)25-12-7-6-8-13-25/h6-17,22H,5,18-19H2,1-4H3,(H,30,34)/t22-/m1/s1. The summed E-state index contributed by atoms with van der Waals surface area (Å²) >= 11 is 6.36. The van der Waals surface area contributed by atoms with E-state index in [1.54, 1.807) is 68.4 Å². The molecule has 0 bridgehead atoms. The van der Waals surface area contributed by atoms with E-state index in [1.807, 2.05) is 19.9 Å². The predicted octanol–water partition coefficient (Wildman–Crippen LogP) is 4.71. The lowest BCUT2D eigenvalue weighted by atomic mass is 10.1. The number of amides is 2. The molecule has 0 aliphatic carbocycles. The lowest BCUT2D eigenvalue weighted by Gasteiger charge is -2.32. The van der Waals surface area contributed by atoms with Crippen LogP contribution in [0.25, 0.3) is 0 Å². The Labute approximate surface area is 224 Å². The molecule has 3 aromatic carbocycles. The molecule has 0 unspecified atom stereocenters. The minimum absolute atomic E-state index is 0.0446. The maximum Gasteiger partial charge on any atom is 0.264 e. The third-order valence-electron chi connectivity index (χ3n) is 6.21. The van der Waals surface area contributed by atoms with Gasteiger partial charge in [0.05, 0.1) is 10.6 Å². The van der Waals surface area contributed by atoms with Gasteiger partial charge in [0, 0.05) is 18.1 Å². The summed E-state index contributed by atoms with van der Waals surface area (Å²) in [5.41, 5.74) is 2.90. The van der Waals surface area contributed by atoms with Crippen molar-refractivity contribution in [2.75, 3.05) is 17.4 Å². The number of nitrogens with zero attached hydrogens (tertiary/aromatic N) is 2. The molecule has 0 spiro atoms. The Hall–Kier alpha value is -3.36. The maximum atomic E-state index is 13.8. The third kappa shape index (κ3) is 6.70. The monoisotopic (exact) mass is 541 g/mol. The Morgan fingerprint density at radius 1 is 0.946 bits per heavy atom. The number of halogens is 1. The Morgan fingerprint density at radius 3 is 2.22 bits per heavy atom. The second kappa shape index (κ2) is 12.3. The molecule has 0 fully saturated rings. The lowest BCUT2D eigenvalue weighted by molar-refractivity contribution is -0.139. The van der Waals surface area contributed by atoms with Crippen LogP contribution in [0.15, 0.2) is 77.7 Å². The van der Waals surface area contributed by atoms with Crippen LogP contribution in [0.3, 0.4) is 0 Å². The minimum atomic E-state index is -4.09. The van der Waals surface area contributed by atoms with Crippen molar-refractivity contribution in [2.45, 2.75) is 45.2 Å². The Kier molecular flexibility index (Phi) is 9.34. The van der Waals surface area contributed by atoms with Crippen LogP contribution in [-0.2, 0) is 26.2 Å². The van der Waals surface area contributed by atoms with Crippen molar-refractivity contribution in [3.63, 3.8) is 0 Å². The van der Waals surface area contributed by atoms with Gasteiger partial charge in [-0.2, -0.15) is 0 Å². The summed E-state index contributed by atoms with van der Waals surface area (Å²) in [5, 5.41) is 3.19. The first-order valence-electron chi connectivity index (χ1n) is 12.0. The van der Waals surface area contributed by atoms with Crippen LogP contribution in [0.1, 0.15) is 30.5 Å². The molecule has 0 aliphatic rings. The average Bonchev–Trinajstić information content (AvgIpc) is 2.88. The summed E-state index contributed by atoms with van der Waals surface area (Å²) in [7, 11) is -4.09. The summed E-state index contributed by atoms with van der Waals surface area (Å²) in [6.45, 7) is 7.17. The molecule has 0 heterocycles. The van der Waals surface area contributed by atoms with E-state index in [9.17, 15) is 18.0 Å². The van der Waals surface area contributed by atoms with Gasteiger partial charge in [0.2, 0.25) is 11.8 Å². The van der Waals surface area contributed by atoms with Gasteiger partial charge < -0.3 is 10.2 Å². The van der Waals surface area contributed by atoms with E-state index in [-0.39, 0.29) is 17.3 Å². The van der Waals surface area contributed by atoms with Gasteiger partial charge in [-0.05, 0) is 74.7 Å². The van der Waals surface area contributed by atoms with E-state index in [1.165, 1.54) is 17.0 Å². The topological polar surface area (TPSA) is 86.8 Å². The number of carbonyl (C=O) groups is 2. The molecule has 37 heavy (non-hydrogen) atoms. The summed E-state index contributed by atoms with van der Waals surface area (Å²) in [4.78, 5) is 28.0. The predicted molar refractivity (Wildman–Crippen MR) is 147 cm³/mol. The van der Waals surface area contributed by atoms with Crippen molar-refractivity contribution in [1.29, 1.82) is 0 Å². The van der Waals surface area contributed by atoms with Gasteiger partial charge >= 0.3 is 0 Å². The number of benzene rings is 3. The zero-order valence-corrected chi connectivity index (χ0v) is 23.0. The van der Waals surface area contributed by atoms with Crippen LogP contribution < -0.4 is 9.62 Å². The first kappa shape index (κ1) is 28.2. The van der Waals surface area contributed by atoms with Gasteiger partial charge in [0.15, 0.2) is 0 Å². The molecule has 7 nitrogen and oxygen atoms in total. The highest BCUT2D eigenvalue weighted by molar-refractivity contribution is 7.92. The number of rotatable bonds is 10. The van der Waals surface area contributed by atoms with Crippen LogP contribution in [-0.4, -0.2) is 44.3 Å². The fourth-order valence-electron chi connectivity index (χ4n) is 3.84. The summed E-state index contributed by atoms with van der Waals surface area (Å²) in [6.07, 6.45) is 0. The van der Waals surface area contributed by atoms with Crippen LogP contribution in [0.4, 0.5) is 5.69 Å². The van der Waals surface area contributed by atoms with Crippen LogP contribution in [0.2, 0.25) is 5.02 Å². The molecule has 0 radical (unpaired) electrons. The number of aryl methyl sites for hydroxylation is 2. The summed E-state index contributed by atoms with van der Waals surface area (Å²) in [5.74, 6) is -0.872. The van der Waals surface area contributed by atoms with E-state index in [0.717, 1.165) is 15.4 Å². The fourth-order valence-corrected chi connectivity index (χ4v) is 5.47. The zero-order valence-electron chi connectivity index (χ0n) is 21.4. The van der Waals surface area contributed by atoms with Crippen molar-refractivity contribution in [1.82, 2.24) is 10.2 Å². The molecule has 1 atom stereocenters. The molecule has 1 N–H and O–H groups in total. The van der Waals surface area contributed by atoms with Crippen molar-refractivity contribution in [3.05, 3.63) is 94.5 Å². The van der Waals surface area contributed by atoms with Crippen molar-refractivity contribution < 1.29 is 18.0 Å². The molecule has 2 amide bonds. The van der Waals surface area contributed by atoms with E-state index >= 15 is 0 Å². The Bertz CT molecular complexity index is 1360. The van der Waals surface area contributed by atoms with E-state index in [2.05, 4.69) is 5.32 Å². The molecule has 3 aromatic rings. The zero-order chi connectivity index (χ0) is 27.2. The Balaban J connectivity index is 2.05. The highest BCUT2D eigenvalue weighted by Crippen LogP contribution is 2.27. The van der Waals surface area contributed by atoms with Gasteiger partial charge in [0.25, 0.3) is 10.0 Å². The van der Waals surface area contributed by atoms with Gasteiger partial charge in [-0.15, -0.1) is 0 Å². The highest BCUT2D eigenvalue weighted by atomic mass is 35.5. The maximum absolute atomic E-state index is 13.8. The summed E-state index contributed by atoms with van der Waals surface area (Å²) < 4.78 is 28.6. The molecule has 9 heteroatoms. The van der Waals surface area contributed by atoms with Crippen molar-refractivity contribution in [2.24, 2.45) is 0 Å². The van der Waals surface area contributed by atoms with E-state index < -0.39 is 28.5 Å². The van der Waals surface area contributed by atoms with Crippen LogP contribution in [0, 0.1) is 13.8 Å². The Morgan fingerprint density at radius 2 is 1.59 bits per heavy atom. The van der Waals surface area contributed by atoms with Crippen LogP contribution >= 0.6 is 11.6 Å². The van der Waals surface area contributed by atoms with E-state index in [0.29, 0.717) is 22.8 Å². The number of hydrogen-bond acceptors (Lipinski definition) is 4. The lowest BCUT2D eigenvalue weighted by Crippen LogP contribution is -2.51. The van der Waals surface area contributed by atoms with Gasteiger partial charge in [-0.25, -0.2) is 8.42 Å². The number of likely N-dealkylation sites (N-methyl/N-ethyl adjacent to an activating group) is 1.